The van der Waals surface area contributed by atoms with E-state index in [9.17, 15) is 22.4 Å². The van der Waals surface area contributed by atoms with Gasteiger partial charge in [0.15, 0.2) is 0 Å². The Morgan fingerprint density at radius 2 is 2.10 bits per heavy atom. The molecule has 0 bridgehead atoms. The van der Waals surface area contributed by atoms with Gasteiger partial charge in [0.05, 0.1) is 18.6 Å². The summed E-state index contributed by atoms with van der Waals surface area (Å²) < 4.78 is 59.0. The van der Waals surface area contributed by atoms with Gasteiger partial charge < -0.3 is 9.47 Å². The predicted octanol–water partition coefficient (Wildman–Crippen LogP) is 3.12. The van der Waals surface area contributed by atoms with Gasteiger partial charge in [0.2, 0.25) is 5.95 Å². The molecule has 0 atom stereocenters. The highest BCUT2D eigenvalue weighted by Gasteiger charge is 2.34. The molecule has 1 rings (SSSR count). The lowest BCUT2D eigenvalue weighted by Gasteiger charge is -2.16. The lowest BCUT2D eigenvalue weighted by molar-refractivity contribution is -0.275. The van der Waals surface area contributed by atoms with Crippen LogP contribution in [0, 0.1) is 5.95 Å². The second kappa shape index (κ2) is 6.87. The van der Waals surface area contributed by atoms with E-state index in [0.717, 1.165) is 6.20 Å². The number of carbonyl (C=O) groups excluding carboxylic acids is 1. The van der Waals surface area contributed by atoms with E-state index in [0.29, 0.717) is 0 Å². The summed E-state index contributed by atoms with van der Waals surface area (Å²) in [5.41, 5.74) is -0.610. The number of rotatable bonds is 5. The highest BCUT2D eigenvalue weighted by molar-refractivity contribution is 9.08. The molecule has 0 aliphatic rings. The van der Waals surface area contributed by atoms with Crippen LogP contribution in [-0.4, -0.2) is 23.9 Å². The lowest BCUT2D eigenvalue weighted by Crippen LogP contribution is -2.21. The van der Waals surface area contributed by atoms with Gasteiger partial charge in [0.1, 0.15) is 5.75 Å². The van der Waals surface area contributed by atoms with Gasteiger partial charge in [-0.2, -0.15) is 4.39 Å². The first kappa shape index (κ1) is 16.7. The van der Waals surface area contributed by atoms with Gasteiger partial charge in [0, 0.05) is 17.1 Å². The van der Waals surface area contributed by atoms with Gasteiger partial charge in [-0.05, 0) is 6.92 Å². The molecule has 0 fully saturated rings. The third kappa shape index (κ3) is 4.62. The minimum Gasteiger partial charge on any atom is -0.466 e. The molecule has 1 aromatic heterocycles. The van der Waals surface area contributed by atoms with Crippen LogP contribution in [0.2, 0.25) is 0 Å². The van der Waals surface area contributed by atoms with E-state index in [1.54, 1.807) is 0 Å². The summed E-state index contributed by atoms with van der Waals surface area (Å²) in [5, 5.41) is -0.0402. The fourth-order valence-corrected chi connectivity index (χ4v) is 1.81. The van der Waals surface area contributed by atoms with Crippen molar-refractivity contribution in [1.29, 1.82) is 0 Å². The average molecular weight is 360 g/mol. The van der Waals surface area contributed by atoms with Crippen LogP contribution < -0.4 is 4.74 Å². The van der Waals surface area contributed by atoms with Crippen LogP contribution >= 0.6 is 15.9 Å². The van der Waals surface area contributed by atoms with Crippen molar-refractivity contribution < 1.29 is 31.8 Å². The molecule has 4 nitrogen and oxygen atoms in total. The van der Waals surface area contributed by atoms with E-state index in [2.05, 4.69) is 30.4 Å². The van der Waals surface area contributed by atoms with E-state index in [4.69, 9.17) is 0 Å². The Kier molecular flexibility index (Phi) is 5.73. The van der Waals surface area contributed by atoms with Gasteiger partial charge in [-0.15, -0.1) is 13.2 Å². The number of halogens is 5. The summed E-state index contributed by atoms with van der Waals surface area (Å²) >= 11 is 2.95. The Morgan fingerprint density at radius 3 is 2.60 bits per heavy atom. The van der Waals surface area contributed by atoms with E-state index in [-0.39, 0.29) is 17.5 Å². The number of carbonyl (C=O) groups is 1. The van der Waals surface area contributed by atoms with Crippen LogP contribution in [0.1, 0.15) is 18.1 Å². The van der Waals surface area contributed by atoms with Crippen molar-refractivity contribution in [2.24, 2.45) is 0 Å². The number of pyridine rings is 1. The Hall–Kier alpha value is -1.38. The second-order valence-corrected chi connectivity index (χ2v) is 4.11. The molecule has 0 amide bonds. The number of alkyl halides is 4. The largest absolute Gasteiger partial charge is 0.573 e. The second-order valence-electron chi connectivity index (χ2n) is 3.55. The molecular weight excluding hydrogens is 350 g/mol. The predicted molar refractivity (Wildman–Crippen MR) is 63.8 cm³/mol. The third-order valence-electron chi connectivity index (χ3n) is 2.14. The minimum absolute atomic E-state index is 0.0250. The van der Waals surface area contributed by atoms with E-state index >= 15 is 0 Å². The maximum absolute atomic E-state index is 13.6. The van der Waals surface area contributed by atoms with Crippen LogP contribution in [0.15, 0.2) is 6.20 Å². The zero-order valence-corrected chi connectivity index (χ0v) is 11.8. The summed E-state index contributed by atoms with van der Waals surface area (Å²) in [6.07, 6.45) is -4.80. The molecule has 1 heterocycles. The van der Waals surface area contributed by atoms with Crippen molar-refractivity contribution in [3.8, 4) is 5.75 Å². The van der Waals surface area contributed by atoms with Crippen molar-refractivity contribution >= 4 is 21.9 Å². The molecule has 112 valence electrons. The number of hydrogen-bond donors (Lipinski definition) is 0. The quantitative estimate of drug-likeness (QED) is 0.350. The summed E-state index contributed by atoms with van der Waals surface area (Å²) in [6, 6.07) is 0. The van der Waals surface area contributed by atoms with E-state index < -0.39 is 36.0 Å². The zero-order chi connectivity index (χ0) is 15.3. The molecule has 0 saturated carbocycles. The van der Waals surface area contributed by atoms with Crippen molar-refractivity contribution in [2.75, 3.05) is 6.61 Å². The van der Waals surface area contributed by atoms with Crippen LogP contribution in [0.3, 0.4) is 0 Å². The van der Waals surface area contributed by atoms with E-state index in [1.807, 2.05) is 0 Å². The van der Waals surface area contributed by atoms with Crippen molar-refractivity contribution in [3.05, 3.63) is 23.3 Å². The normalized spacial score (nSPS) is 11.3. The Labute approximate surface area is 120 Å². The number of ether oxygens (including phenoxy) is 2. The minimum atomic E-state index is -5.01. The van der Waals surface area contributed by atoms with E-state index in [1.165, 1.54) is 6.92 Å². The van der Waals surface area contributed by atoms with Crippen LogP contribution in [0.4, 0.5) is 17.6 Å². The molecule has 0 spiro atoms. The molecule has 0 aliphatic carbocycles. The lowest BCUT2D eigenvalue weighted by atomic mass is 10.1. The Morgan fingerprint density at radius 1 is 1.45 bits per heavy atom. The van der Waals surface area contributed by atoms with Gasteiger partial charge >= 0.3 is 12.3 Å². The fraction of sp³-hybridized carbons (Fsp3) is 0.455. The molecule has 0 aliphatic heterocycles. The number of hydrogen-bond acceptors (Lipinski definition) is 4. The smallest absolute Gasteiger partial charge is 0.466 e. The molecule has 0 unspecified atom stereocenters. The highest BCUT2D eigenvalue weighted by Crippen LogP contribution is 2.32. The summed E-state index contributed by atoms with van der Waals surface area (Å²) in [7, 11) is 0. The monoisotopic (exact) mass is 359 g/mol. The molecule has 9 heteroatoms. The summed E-state index contributed by atoms with van der Waals surface area (Å²) in [5.74, 6) is -2.84. The third-order valence-corrected chi connectivity index (χ3v) is 2.74. The molecule has 0 saturated heterocycles. The molecule has 20 heavy (non-hydrogen) atoms. The Bertz CT molecular complexity index is 493. The van der Waals surface area contributed by atoms with Crippen molar-refractivity contribution in [3.63, 3.8) is 0 Å². The summed E-state index contributed by atoms with van der Waals surface area (Å²) in [6.45, 7) is 1.55. The van der Waals surface area contributed by atoms with Gasteiger partial charge in [-0.25, -0.2) is 4.98 Å². The zero-order valence-electron chi connectivity index (χ0n) is 10.3. The first-order valence-electron chi connectivity index (χ1n) is 5.42. The molecular formula is C11H10BrF4NO3. The maximum Gasteiger partial charge on any atom is 0.573 e. The maximum atomic E-state index is 13.6. The molecule has 0 aromatic carbocycles. The van der Waals surface area contributed by atoms with Crippen LogP contribution in [-0.2, 0) is 21.3 Å². The topological polar surface area (TPSA) is 48.4 Å². The summed E-state index contributed by atoms with van der Waals surface area (Å²) in [4.78, 5) is 14.6. The molecule has 0 N–H and O–H groups in total. The van der Waals surface area contributed by atoms with Crippen molar-refractivity contribution in [2.45, 2.75) is 25.0 Å². The van der Waals surface area contributed by atoms with Gasteiger partial charge in [-0.3, -0.25) is 4.79 Å². The number of aromatic nitrogens is 1. The SMILES string of the molecule is CCOC(=O)Cc1c(F)ncc(CBr)c1OC(F)(F)F. The van der Waals surface area contributed by atoms with Gasteiger partial charge in [0.25, 0.3) is 0 Å². The first-order chi connectivity index (χ1) is 9.28. The number of nitrogens with zero attached hydrogens (tertiary/aromatic N) is 1. The molecule has 0 radical (unpaired) electrons. The van der Waals surface area contributed by atoms with Crippen LogP contribution in [0.25, 0.3) is 0 Å². The van der Waals surface area contributed by atoms with Crippen LogP contribution in [0.5, 0.6) is 5.75 Å². The first-order valence-corrected chi connectivity index (χ1v) is 6.54. The van der Waals surface area contributed by atoms with Gasteiger partial charge in [-0.1, -0.05) is 15.9 Å². The average Bonchev–Trinajstić information content (AvgIpc) is 2.32. The number of esters is 1. The highest BCUT2D eigenvalue weighted by atomic mass is 79.9. The Balaban J connectivity index is 3.21. The molecule has 1 aromatic rings. The van der Waals surface area contributed by atoms with Crippen molar-refractivity contribution in [1.82, 2.24) is 4.98 Å². The standard InChI is InChI=1S/C11H10BrF4NO3/c1-2-19-8(18)3-7-9(20-11(14,15)16)6(4-12)5-17-10(7)13/h5H,2-4H2,1H3. The fourth-order valence-electron chi connectivity index (χ4n) is 1.41.